The Morgan fingerprint density at radius 3 is 2.86 bits per heavy atom. The molecule has 8 nitrogen and oxygen atoms in total. The van der Waals surface area contributed by atoms with Crippen molar-refractivity contribution >= 4 is 0 Å². The third-order valence-corrected chi connectivity index (χ3v) is 3.53. The average Bonchev–Trinajstić information content (AvgIpc) is 3.25. The van der Waals surface area contributed by atoms with E-state index in [1.165, 1.54) is 10.8 Å². The minimum atomic E-state index is -0.625. The molecule has 1 aliphatic carbocycles. The van der Waals surface area contributed by atoms with E-state index in [0.717, 1.165) is 23.8 Å². The van der Waals surface area contributed by atoms with E-state index in [0.29, 0.717) is 12.2 Å². The highest BCUT2D eigenvalue weighted by Gasteiger charge is 2.27. The van der Waals surface area contributed by atoms with Crippen LogP contribution in [0, 0.1) is 11.3 Å². The molecule has 0 N–H and O–H groups in total. The quantitative estimate of drug-likeness (QED) is 0.800. The zero-order valence-electron chi connectivity index (χ0n) is 12.2. The summed E-state index contributed by atoms with van der Waals surface area (Å²) < 4.78 is 7.50. The maximum Gasteiger partial charge on any atom is 0.331 e. The second-order valence-corrected chi connectivity index (χ2v) is 5.32. The Morgan fingerprint density at radius 1 is 1.45 bits per heavy atom. The van der Waals surface area contributed by atoms with E-state index in [-0.39, 0.29) is 24.0 Å². The number of nitrogens with zero attached hydrogens (tertiary/aromatic N) is 5. The fourth-order valence-electron chi connectivity index (χ4n) is 2.27. The van der Waals surface area contributed by atoms with Gasteiger partial charge in [0.05, 0.1) is 0 Å². The van der Waals surface area contributed by atoms with Crippen molar-refractivity contribution in [1.82, 2.24) is 19.3 Å². The largest absolute Gasteiger partial charge is 0.337 e. The molecular formula is C14H15N5O3. The highest BCUT2D eigenvalue weighted by atomic mass is 16.5. The summed E-state index contributed by atoms with van der Waals surface area (Å²) in [5, 5.41) is 12.9. The van der Waals surface area contributed by atoms with Gasteiger partial charge in [-0.1, -0.05) is 12.1 Å². The van der Waals surface area contributed by atoms with Crippen LogP contribution < -0.4 is 11.2 Å². The van der Waals surface area contributed by atoms with Crippen LogP contribution in [0.15, 0.2) is 20.3 Å². The van der Waals surface area contributed by atoms with Crippen molar-refractivity contribution in [2.75, 3.05) is 0 Å². The zero-order chi connectivity index (χ0) is 15.7. The molecule has 1 fully saturated rings. The smallest absolute Gasteiger partial charge is 0.331 e. The Bertz CT molecular complexity index is 851. The van der Waals surface area contributed by atoms with Crippen LogP contribution in [0.5, 0.6) is 0 Å². The van der Waals surface area contributed by atoms with Gasteiger partial charge in [-0.25, -0.2) is 9.36 Å². The standard InChI is InChI=1S/C14H15N5O3/c1-2-3-11-16-12(22-17-11)8-19-13(20)9(6-15)7-18(14(19)21)10-4-5-10/h7,10H,2-5,8H2,1H3. The average molecular weight is 301 g/mol. The molecule has 22 heavy (non-hydrogen) atoms. The van der Waals surface area contributed by atoms with Gasteiger partial charge in [0.15, 0.2) is 5.82 Å². The van der Waals surface area contributed by atoms with Crippen molar-refractivity contribution < 1.29 is 4.52 Å². The lowest BCUT2D eigenvalue weighted by Crippen LogP contribution is -2.41. The highest BCUT2D eigenvalue weighted by Crippen LogP contribution is 2.33. The first-order valence-corrected chi connectivity index (χ1v) is 7.21. The molecule has 3 rings (SSSR count). The Hall–Kier alpha value is -2.69. The Kier molecular flexibility index (Phi) is 3.63. The van der Waals surface area contributed by atoms with E-state index in [9.17, 15) is 9.59 Å². The van der Waals surface area contributed by atoms with E-state index in [2.05, 4.69) is 10.1 Å². The van der Waals surface area contributed by atoms with E-state index < -0.39 is 11.2 Å². The van der Waals surface area contributed by atoms with Gasteiger partial charge in [-0.2, -0.15) is 10.2 Å². The topological polar surface area (TPSA) is 107 Å². The molecule has 114 valence electrons. The van der Waals surface area contributed by atoms with Crippen molar-refractivity contribution in [2.45, 2.75) is 45.2 Å². The minimum Gasteiger partial charge on any atom is -0.337 e. The molecule has 0 radical (unpaired) electrons. The number of rotatable bonds is 5. The third kappa shape index (κ3) is 2.57. The van der Waals surface area contributed by atoms with Crippen LogP contribution in [-0.4, -0.2) is 19.3 Å². The zero-order valence-corrected chi connectivity index (χ0v) is 12.2. The summed E-state index contributed by atoms with van der Waals surface area (Å²) in [6, 6.07) is 1.91. The van der Waals surface area contributed by atoms with Gasteiger partial charge in [-0.05, 0) is 19.3 Å². The molecule has 0 amide bonds. The van der Waals surface area contributed by atoms with Crippen LogP contribution in [0.4, 0.5) is 0 Å². The molecule has 2 heterocycles. The molecule has 0 saturated heterocycles. The summed E-state index contributed by atoms with van der Waals surface area (Å²) in [5.74, 6) is 0.740. The Balaban J connectivity index is 2.01. The number of hydrogen-bond acceptors (Lipinski definition) is 6. The minimum absolute atomic E-state index is 0.0557. The first-order chi connectivity index (χ1) is 10.6. The van der Waals surface area contributed by atoms with Crippen LogP contribution in [0.3, 0.4) is 0 Å². The third-order valence-electron chi connectivity index (χ3n) is 3.53. The van der Waals surface area contributed by atoms with Gasteiger partial charge in [-0.3, -0.25) is 9.36 Å². The fraction of sp³-hybridized carbons (Fsp3) is 0.500. The molecule has 0 unspecified atom stereocenters. The Labute approximate surface area is 125 Å². The van der Waals surface area contributed by atoms with Crippen molar-refractivity contribution in [3.8, 4) is 6.07 Å². The lowest BCUT2D eigenvalue weighted by Gasteiger charge is -2.08. The Morgan fingerprint density at radius 2 is 2.23 bits per heavy atom. The normalized spacial score (nSPS) is 14.0. The molecule has 8 heteroatoms. The van der Waals surface area contributed by atoms with Crippen molar-refractivity contribution in [3.63, 3.8) is 0 Å². The monoisotopic (exact) mass is 301 g/mol. The van der Waals surface area contributed by atoms with Crippen LogP contribution in [-0.2, 0) is 13.0 Å². The summed E-state index contributed by atoms with van der Waals surface area (Å²) in [6.45, 7) is 1.88. The molecule has 1 aliphatic rings. The van der Waals surface area contributed by atoms with E-state index >= 15 is 0 Å². The summed E-state index contributed by atoms with van der Waals surface area (Å²) in [7, 11) is 0. The van der Waals surface area contributed by atoms with Crippen LogP contribution >= 0.6 is 0 Å². The first-order valence-electron chi connectivity index (χ1n) is 7.21. The predicted molar refractivity (Wildman–Crippen MR) is 75.3 cm³/mol. The number of hydrogen-bond donors (Lipinski definition) is 0. The SMILES string of the molecule is CCCc1noc(Cn2c(=O)c(C#N)cn(C3CC3)c2=O)n1. The maximum atomic E-state index is 12.4. The molecule has 2 aromatic heterocycles. The molecular weight excluding hydrogens is 286 g/mol. The van der Waals surface area contributed by atoms with Gasteiger partial charge in [0.1, 0.15) is 18.2 Å². The second kappa shape index (κ2) is 5.60. The van der Waals surface area contributed by atoms with E-state index in [1.807, 2.05) is 13.0 Å². The van der Waals surface area contributed by atoms with Crippen molar-refractivity contribution in [1.29, 1.82) is 5.26 Å². The van der Waals surface area contributed by atoms with Gasteiger partial charge < -0.3 is 4.52 Å². The van der Waals surface area contributed by atoms with E-state index in [1.54, 1.807) is 0 Å². The molecule has 0 aromatic carbocycles. The summed E-state index contributed by atoms with van der Waals surface area (Å²) in [4.78, 5) is 28.7. The molecule has 1 saturated carbocycles. The summed E-state index contributed by atoms with van der Waals surface area (Å²) in [6.07, 6.45) is 4.64. The predicted octanol–water partition coefficient (Wildman–Crippen LogP) is 0.600. The van der Waals surface area contributed by atoms with Crippen LogP contribution in [0.2, 0.25) is 0 Å². The number of aromatic nitrogens is 4. The van der Waals surface area contributed by atoms with Gasteiger partial charge in [0.25, 0.3) is 5.56 Å². The molecule has 0 spiro atoms. The second-order valence-electron chi connectivity index (χ2n) is 5.32. The van der Waals surface area contributed by atoms with Crippen LogP contribution in [0.25, 0.3) is 0 Å². The lowest BCUT2D eigenvalue weighted by molar-refractivity contribution is 0.360. The first kappa shape index (κ1) is 14.3. The fourth-order valence-corrected chi connectivity index (χ4v) is 2.27. The molecule has 0 aliphatic heterocycles. The maximum absolute atomic E-state index is 12.4. The number of nitriles is 1. The molecule has 2 aromatic rings. The van der Waals surface area contributed by atoms with Gasteiger partial charge >= 0.3 is 5.69 Å². The molecule has 0 atom stereocenters. The lowest BCUT2D eigenvalue weighted by atomic mass is 10.3. The van der Waals surface area contributed by atoms with Gasteiger partial charge in [0.2, 0.25) is 5.89 Å². The van der Waals surface area contributed by atoms with Crippen molar-refractivity contribution in [3.05, 3.63) is 44.3 Å². The summed E-state index contributed by atoms with van der Waals surface area (Å²) >= 11 is 0. The highest BCUT2D eigenvalue weighted by molar-refractivity contribution is 5.23. The number of aryl methyl sites for hydroxylation is 1. The summed E-state index contributed by atoms with van der Waals surface area (Å²) in [5.41, 5.74) is -1.12. The van der Waals surface area contributed by atoms with E-state index in [4.69, 9.17) is 9.78 Å². The van der Waals surface area contributed by atoms with Gasteiger partial charge in [-0.15, -0.1) is 0 Å². The van der Waals surface area contributed by atoms with Crippen molar-refractivity contribution in [2.24, 2.45) is 0 Å². The van der Waals surface area contributed by atoms with Crippen LogP contribution in [0.1, 0.15) is 49.5 Å². The molecule has 0 bridgehead atoms. The van der Waals surface area contributed by atoms with Gasteiger partial charge in [0, 0.05) is 18.7 Å².